The summed E-state index contributed by atoms with van der Waals surface area (Å²) in [6.45, 7) is 0.874. The van der Waals surface area contributed by atoms with Crippen LogP contribution in [-0.2, 0) is 11.3 Å². The summed E-state index contributed by atoms with van der Waals surface area (Å²) in [4.78, 5) is 14.7. The summed E-state index contributed by atoms with van der Waals surface area (Å²) in [7, 11) is 1.64. The van der Waals surface area contributed by atoms with E-state index >= 15 is 0 Å². The number of hydrogen-bond donors (Lipinski definition) is 1. The average molecular weight is 425 g/mol. The fourth-order valence-corrected chi connectivity index (χ4v) is 3.14. The Morgan fingerprint density at radius 2 is 1.63 bits per heavy atom. The summed E-state index contributed by atoms with van der Waals surface area (Å²) in [5, 5.41) is 2.97. The number of hydrogen-bond acceptors (Lipinski definition) is 3. The molecule has 0 saturated heterocycles. The Morgan fingerprint density at radius 1 is 0.963 bits per heavy atom. The second-order valence-corrected chi connectivity index (χ2v) is 6.92. The van der Waals surface area contributed by atoms with E-state index in [2.05, 4.69) is 33.4 Å². The van der Waals surface area contributed by atoms with E-state index in [-0.39, 0.29) is 12.5 Å². The summed E-state index contributed by atoms with van der Waals surface area (Å²) < 4.78 is 6.10. The van der Waals surface area contributed by atoms with Crippen molar-refractivity contribution >= 4 is 33.2 Å². The highest BCUT2D eigenvalue weighted by molar-refractivity contribution is 9.10. The molecule has 0 bridgehead atoms. The summed E-state index contributed by atoms with van der Waals surface area (Å²) >= 11 is 3.46. The Morgan fingerprint density at radius 3 is 2.30 bits per heavy atom. The number of ether oxygens (including phenoxy) is 1. The number of methoxy groups -OCH3 is 1. The molecule has 3 rings (SSSR count). The molecule has 0 aliphatic carbocycles. The van der Waals surface area contributed by atoms with Crippen LogP contribution in [0.2, 0.25) is 0 Å². The van der Waals surface area contributed by atoms with Crippen molar-refractivity contribution in [3.63, 3.8) is 0 Å². The number of amides is 1. The summed E-state index contributed by atoms with van der Waals surface area (Å²) in [6, 6.07) is 25.4. The van der Waals surface area contributed by atoms with Crippen LogP contribution in [0.5, 0.6) is 5.75 Å². The smallest absolute Gasteiger partial charge is 0.243 e. The minimum absolute atomic E-state index is 0.0753. The van der Waals surface area contributed by atoms with E-state index in [1.807, 2.05) is 71.6 Å². The van der Waals surface area contributed by atoms with Crippen LogP contribution in [0.1, 0.15) is 5.56 Å². The predicted octanol–water partition coefficient (Wildman–Crippen LogP) is 5.10. The van der Waals surface area contributed by atoms with Gasteiger partial charge in [-0.3, -0.25) is 4.79 Å². The van der Waals surface area contributed by atoms with Crippen LogP contribution in [0.3, 0.4) is 0 Å². The van der Waals surface area contributed by atoms with Gasteiger partial charge in [0.1, 0.15) is 5.75 Å². The number of anilines is 2. The number of carbonyl (C=O) groups excluding carboxylic acids is 1. The third kappa shape index (κ3) is 5.34. The van der Waals surface area contributed by atoms with Crippen molar-refractivity contribution in [2.45, 2.75) is 6.54 Å². The largest absolute Gasteiger partial charge is 0.497 e. The van der Waals surface area contributed by atoms with Crippen LogP contribution in [0, 0.1) is 0 Å². The number of nitrogens with one attached hydrogen (secondary N) is 1. The highest BCUT2D eigenvalue weighted by Crippen LogP contribution is 2.23. The maximum atomic E-state index is 12.7. The molecule has 0 aliphatic heterocycles. The SMILES string of the molecule is COc1ccc(N(CC(=O)Nc2ccccc2Br)Cc2ccccc2)cc1. The number of nitrogens with zero attached hydrogens (tertiary/aromatic N) is 1. The van der Waals surface area contributed by atoms with Crippen molar-refractivity contribution in [3.05, 3.63) is 88.9 Å². The monoisotopic (exact) mass is 424 g/mol. The molecule has 138 valence electrons. The molecular weight excluding hydrogens is 404 g/mol. The Hall–Kier alpha value is -2.79. The number of benzene rings is 3. The van der Waals surface area contributed by atoms with Crippen molar-refractivity contribution in [1.29, 1.82) is 0 Å². The van der Waals surface area contributed by atoms with Gasteiger partial charge in [-0.2, -0.15) is 0 Å². The first kappa shape index (κ1) is 19.0. The van der Waals surface area contributed by atoms with Crippen molar-refractivity contribution in [2.24, 2.45) is 0 Å². The predicted molar refractivity (Wildman–Crippen MR) is 113 cm³/mol. The Kier molecular flexibility index (Phi) is 6.49. The van der Waals surface area contributed by atoms with Gasteiger partial charge in [-0.25, -0.2) is 0 Å². The Bertz CT molecular complexity index is 882. The highest BCUT2D eigenvalue weighted by atomic mass is 79.9. The van der Waals surface area contributed by atoms with Gasteiger partial charge < -0.3 is 15.0 Å². The maximum absolute atomic E-state index is 12.7. The lowest BCUT2D eigenvalue weighted by atomic mass is 10.2. The van der Waals surface area contributed by atoms with Crippen molar-refractivity contribution in [3.8, 4) is 5.75 Å². The van der Waals surface area contributed by atoms with Gasteiger partial charge >= 0.3 is 0 Å². The number of carbonyl (C=O) groups is 1. The summed E-state index contributed by atoms with van der Waals surface area (Å²) in [5.41, 5.74) is 2.86. The molecule has 3 aromatic rings. The molecule has 0 aromatic heterocycles. The number of rotatable bonds is 7. The first-order chi connectivity index (χ1) is 13.2. The molecule has 0 unspecified atom stereocenters. The van der Waals surface area contributed by atoms with E-state index in [1.165, 1.54) is 0 Å². The molecule has 3 aromatic carbocycles. The van der Waals surface area contributed by atoms with E-state index in [0.29, 0.717) is 6.54 Å². The third-order valence-electron chi connectivity index (χ3n) is 4.14. The van der Waals surface area contributed by atoms with Crippen LogP contribution >= 0.6 is 15.9 Å². The molecule has 0 radical (unpaired) electrons. The second kappa shape index (κ2) is 9.24. The molecule has 0 spiro atoms. The van der Waals surface area contributed by atoms with Gasteiger partial charge in [-0.1, -0.05) is 42.5 Å². The average Bonchev–Trinajstić information content (AvgIpc) is 2.70. The fraction of sp³-hybridized carbons (Fsp3) is 0.136. The van der Waals surface area contributed by atoms with Gasteiger partial charge in [0.2, 0.25) is 5.91 Å². The molecule has 1 N–H and O–H groups in total. The zero-order chi connectivity index (χ0) is 19.1. The molecule has 27 heavy (non-hydrogen) atoms. The highest BCUT2D eigenvalue weighted by Gasteiger charge is 2.14. The molecule has 1 amide bonds. The molecule has 4 nitrogen and oxygen atoms in total. The fourth-order valence-electron chi connectivity index (χ4n) is 2.76. The normalized spacial score (nSPS) is 10.3. The van der Waals surface area contributed by atoms with Crippen LogP contribution in [0.25, 0.3) is 0 Å². The first-order valence-electron chi connectivity index (χ1n) is 8.63. The van der Waals surface area contributed by atoms with E-state index in [9.17, 15) is 4.79 Å². The summed E-state index contributed by atoms with van der Waals surface area (Å²) in [6.07, 6.45) is 0. The van der Waals surface area contributed by atoms with E-state index in [4.69, 9.17) is 4.74 Å². The minimum Gasteiger partial charge on any atom is -0.497 e. The van der Waals surface area contributed by atoms with Crippen LogP contribution in [-0.4, -0.2) is 19.6 Å². The maximum Gasteiger partial charge on any atom is 0.243 e. The standard InChI is InChI=1S/C22H21BrN2O2/c1-27-19-13-11-18(12-14-19)25(15-17-7-3-2-4-8-17)16-22(26)24-21-10-6-5-9-20(21)23/h2-14H,15-16H2,1H3,(H,24,26). The molecule has 0 saturated carbocycles. The van der Waals surface area contributed by atoms with Crippen molar-refractivity contribution in [2.75, 3.05) is 23.9 Å². The lowest BCUT2D eigenvalue weighted by Crippen LogP contribution is -2.33. The summed E-state index contributed by atoms with van der Waals surface area (Å²) in [5.74, 6) is 0.713. The van der Waals surface area contributed by atoms with Crippen LogP contribution < -0.4 is 15.0 Å². The zero-order valence-corrected chi connectivity index (χ0v) is 16.6. The molecule has 0 heterocycles. The van der Waals surface area contributed by atoms with Gasteiger partial charge in [0.25, 0.3) is 0 Å². The molecule has 0 aliphatic rings. The molecule has 0 fully saturated rings. The van der Waals surface area contributed by atoms with Crippen LogP contribution in [0.15, 0.2) is 83.3 Å². The number of para-hydroxylation sites is 1. The van der Waals surface area contributed by atoms with Gasteiger partial charge in [0, 0.05) is 16.7 Å². The number of halogens is 1. The van der Waals surface area contributed by atoms with E-state index in [0.717, 1.165) is 27.2 Å². The topological polar surface area (TPSA) is 41.6 Å². The van der Waals surface area contributed by atoms with Crippen LogP contribution in [0.4, 0.5) is 11.4 Å². The van der Waals surface area contributed by atoms with Gasteiger partial charge in [0.05, 0.1) is 19.3 Å². The van der Waals surface area contributed by atoms with E-state index < -0.39 is 0 Å². The molecule has 5 heteroatoms. The van der Waals surface area contributed by atoms with Gasteiger partial charge in [0.15, 0.2) is 0 Å². The minimum atomic E-state index is -0.0753. The Labute approximate surface area is 167 Å². The third-order valence-corrected chi connectivity index (χ3v) is 4.83. The van der Waals surface area contributed by atoms with E-state index in [1.54, 1.807) is 7.11 Å². The quantitative estimate of drug-likeness (QED) is 0.573. The Balaban J connectivity index is 1.78. The van der Waals surface area contributed by atoms with Crippen molar-refractivity contribution < 1.29 is 9.53 Å². The van der Waals surface area contributed by atoms with Crippen molar-refractivity contribution in [1.82, 2.24) is 0 Å². The zero-order valence-electron chi connectivity index (χ0n) is 15.1. The second-order valence-electron chi connectivity index (χ2n) is 6.07. The molecular formula is C22H21BrN2O2. The van der Waals surface area contributed by atoms with Gasteiger partial charge in [-0.15, -0.1) is 0 Å². The first-order valence-corrected chi connectivity index (χ1v) is 9.42. The lowest BCUT2D eigenvalue weighted by Gasteiger charge is -2.25. The molecule has 0 atom stereocenters. The van der Waals surface area contributed by atoms with Gasteiger partial charge in [-0.05, 0) is 57.9 Å². The lowest BCUT2D eigenvalue weighted by molar-refractivity contribution is -0.115.